The number of halogens is 1. The lowest BCUT2D eigenvalue weighted by molar-refractivity contribution is -0.121. The maximum absolute atomic E-state index is 12.9. The molecular weight excluding hydrogens is 450 g/mol. The fourth-order valence-corrected chi connectivity index (χ4v) is 6.02. The Labute approximate surface area is 190 Å². The summed E-state index contributed by atoms with van der Waals surface area (Å²) in [5.41, 5.74) is 5.13. The summed E-state index contributed by atoms with van der Waals surface area (Å²) < 4.78 is 2.98. The molecule has 0 bridgehead atoms. The predicted octanol–water partition coefficient (Wildman–Crippen LogP) is 5.37. The summed E-state index contributed by atoms with van der Waals surface area (Å²) in [6.07, 6.45) is 3.64. The summed E-state index contributed by atoms with van der Waals surface area (Å²) in [5.74, 6) is -0.216. The number of rotatable bonds is 2. The number of nitrogens with zero attached hydrogens (tertiary/aromatic N) is 3. The monoisotopic (exact) mass is 471 g/mol. The molecule has 4 nitrogen and oxygen atoms in total. The van der Waals surface area contributed by atoms with Gasteiger partial charge in [0.15, 0.2) is 5.78 Å². The Morgan fingerprint density at radius 3 is 2.68 bits per heavy atom. The molecule has 1 heterocycles. The Morgan fingerprint density at radius 1 is 1.19 bits per heavy atom. The van der Waals surface area contributed by atoms with E-state index >= 15 is 0 Å². The minimum absolute atomic E-state index is 0.0503. The first-order valence-electron chi connectivity index (χ1n) is 10.5. The molecule has 0 spiro atoms. The van der Waals surface area contributed by atoms with Crippen LogP contribution in [0.3, 0.4) is 0 Å². The summed E-state index contributed by atoms with van der Waals surface area (Å²) in [5, 5.41) is 14.8. The van der Waals surface area contributed by atoms with Crippen LogP contribution in [0, 0.1) is 23.2 Å². The number of hydrogen-bond donors (Lipinski definition) is 0. The quantitative estimate of drug-likeness (QED) is 0.504. The van der Waals surface area contributed by atoms with Crippen molar-refractivity contribution in [3.8, 4) is 17.3 Å². The molecule has 0 fully saturated rings. The Balaban J connectivity index is 1.85. The van der Waals surface area contributed by atoms with Gasteiger partial charge < -0.3 is 0 Å². The molecule has 0 radical (unpaired) electrons. The Bertz CT molecular complexity index is 1270. The number of ketones is 1. The van der Waals surface area contributed by atoms with Gasteiger partial charge in [-0.15, -0.1) is 0 Å². The normalized spacial score (nSPS) is 24.7. The van der Waals surface area contributed by atoms with E-state index in [0.29, 0.717) is 0 Å². The summed E-state index contributed by atoms with van der Waals surface area (Å²) in [6, 6.07) is 20.7. The average molecular weight is 472 g/mol. The third-order valence-corrected chi connectivity index (χ3v) is 7.45. The number of carbonyl (C=O) groups excluding carboxylic acids is 1. The summed E-state index contributed by atoms with van der Waals surface area (Å²) >= 11 is 3.59. The van der Waals surface area contributed by atoms with Gasteiger partial charge >= 0.3 is 0 Å². The van der Waals surface area contributed by atoms with Crippen molar-refractivity contribution in [3.63, 3.8) is 0 Å². The first kappa shape index (κ1) is 20.0. The molecule has 0 saturated heterocycles. The van der Waals surface area contributed by atoms with Crippen molar-refractivity contribution < 1.29 is 4.79 Å². The van der Waals surface area contributed by atoms with Gasteiger partial charge in [-0.3, -0.25) is 9.48 Å². The number of nitriles is 1. The zero-order valence-electron chi connectivity index (χ0n) is 17.5. The molecule has 154 valence electrons. The predicted molar refractivity (Wildman–Crippen MR) is 123 cm³/mol. The van der Waals surface area contributed by atoms with Gasteiger partial charge in [-0.05, 0) is 42.5 Å². The molecule has 3 aromatic rings. The van der Waals surface area contributed by atoms with Gasteiger partial charge in [0, 0.05) is 28.6 Å². The van der Waals surface area contributed by atoms with Crippen LogP contribution in [0.2, 0.25) is 0 Å². The minimum Gasteiger partial charge on any atom is -0.293 e. The highest BCUT2D eigenvalue weighted by atomic mass is 79.9. The molecule has 31 heavy (non-hydrogen) atoms. The molecule has 2 unspecified atom stereocenters. The van der Waals surface area contributed by atoms with E-state index in [1.807, 2.05) is 55.1 Å². The second kappa shape index (κ2) is 7.32. The fourth-order valence-electron chi connectivity index (χ4n) is 5.62. The largest absolute Gasteiger partial charge is 0.293 e. The van der Waals surface area contributed by atoms with Gasteiger partial charge in [0.05, 0.1) is 22.4 Å². The number of hydrogen-bond acceptors (Lipinski definition) is 3. The number of Topliss-reactive ketones (excluding diaryl/α,β-unsaturated/α-hetero) is 1. The van der Waals surface area contributed by atoms with E-state index in [1.165, 1.54) is 5.56 Å². The summed E-state index contributed by atoms with van der Waals surface area (Å²) in [7, 11) is 1.98. The fraction of sp³-hybridized carbons (Fsp3) is 0.269. The van der Waals surface area contributed by atoms with Gasteiger partial charge in [-0.25, -0.2) is 0 Å². The van der Waals surface area contributed by atoms with Crippen LogP contribution in [0.25, 0.3) is 11.3 Å². The number of carbonyl (C=O) groups is 1. The van der Waals surface area contributed by atoms with E-state index < -0.39 is 5.41 Å². The third-order valence-electron chi connectivity index (χ3n) is 6.95. The highest BCUT2D eigenvalue weighted by Crippen LogP contribution is 2.54. The van der Waals surface area contributed by atoms with E-state index in [9.17, 15) is 10.1 Å². The van der Waals surface area contributed by atoms with Crippen LogP contribution >= 0.6 is 15.9 Å². The zero-order valence-corrected chi connectivity index (χ0v) is 19.1. The van der Waals surface area contributed by atoms with E-state index in [0.717, 1.165) is 39.8 Å². The van der Waals surface area contributed by atoms with Crippen LogP contribution in [0.1, 0.15) is 30.2 Å². The lowest BCUT2D eigenvalue weighted by Gasteiger charge is -2.47. The molecule has 0 aliphatic heterocycles. The minimum atomic E-state index is -0.588. The topological polar surface area (TPSA) is 58.7 Å². The van der Waals surface area contributed by atoms with E-state index in [-0.39, 0.29) is 23.2 Å². The van der Waals surface area contributed by atoms with E-state index in [2.05, 4.69) is 46.3 Å². The van der Waals surface area contributed by atoms with Crippen LogP contribution in [0.4, 0.5) is 0 Å². The molecule has 0 saturated carbocycles. The molecule has 2 aliphatic rings. The first-order chi connectivity index (χ1) is 15.0. The highest BCUT2D eigenvalue weighted by Gasteiger charge is 2.53. The van der Waals surface area contributed by atoms with E-state index in [1.54, 1.807) is 0 Å². The lowest BCUT2D eigenvalue weighted by atomic mass is 9.54. The summed E-state index contributed by atoms with van der Waals surface area (Å²) in [4.78, 5) is 12.9. The number of benzene rings is 2. The Kier molecular flexibility index (Phi) is 4.71. The van der Waals surface area contributed by atoms with Crippen molar-refractivity contribution in [2.24, 2.45) is 18.9 Å². The second-order valence-corrected chi connectivity index (χ2v) is 9.43. The molecule has 0 N–H and O–H groups in total. The number of allylic oxidation sites excluding steroid dienone is 2. The van der Waals surface area contributed by atoms with Gasteiger partial charge in [-0.2, -0.15) is 10.4 Å². The van der Waals surface area contributed by atoms with Crippen molar-refractivity contribution in [3.05, 3.63) is 87.5 Å². The Morgan fingerprint density at radius 2 is 1.97 bits per heavy atom. The van der Waals surface area contributed by atoms with Crippen molar-refractivity contribution in [2.75, 3.05) is 0 Å². The van der Waals surface area contributed by atoms with Crippen molar-refractivity contribution >= 4 is 21.7 Å². The van der Waals surface area contributed by atoms with Gasteiger partial charge in [0.25, 0.3) is 0 Å². The maximum atomic E-state index is 12.9. The smallest absolute Gasteiger partial charge is 0.176 e. The third kappa shape index (κ3) is 2.85. The molecule has 5 heteroatoms. The van der Waals surface area contributed by atoms with Crippen LogP contribution < -0.4 is 0 Å². The molecule has 2 aliphatic carbocycles. The number of aromatic nitrogens is 2. The van der Waals surface area contributed by atoms with Gasteiger partial charge in [-0.1, -0.05) is 65.3 Å². The Hall–Kier alpha value is -2.97. The first-order valence-corrected chi connectivity index (χ1v) is 11.3. The van der Waals surface area contributed by atoms with Gasteiger partial charge in [0.2, 0.25) is 0 Å². The van der Waals surface area contributed by atoms with Crippen molar-refractivity contribution in [1.82, 2.24) is 9.78 Å². The van der Waals surface area contributed by atoms with Crippen LogP contribution in [0.15, 0.2) is 70.7 Å². The van der Waals surface area contributed by atoms with Crippen LogP contribution in [0.5, 0.6) is 0 Å². The lowest BCUT2D eigenvalue weighted by Crippen LogP contribution is -2.48. The zero-order chi connectivity index (χ0) is 21.8. The standard InChI is InChI=1S/C26H22BrN3O/c1-16-22-12-11-21-23(17-7-6-10-20(27)13-17)30(2)29-25(21)26(22,14-18(15-28)24(16)31)19-8-4-3-5-9-19/h3-10,13-14,16,22H,11-12H2,1-2H3/t16?,22?,26-/m1/s1. The maximum Gasteiger partial charge on any atom is 0.176 e. The number of aryl methyl sites for hydroxylation is 1. The van der Waals surface area contributed by atoms with E-state index in [4.69, 9.17) is 5.10 Å². The molecule has 2 aromatic carbocycles. The van der Waals surface area contributed by atoms with Crippen LogP contribution in [-0.4, -0.2) is 15.6 Å². The van der Waals surface area contributed by atoms with Crippen LogP contribution in [-0.2, 0) is 23.7 Å². The molecular formula is C26H22BrN3O. The molecule has 1 aromatic heterocycles. The van der Waals surface area contributed by atoms with Crippen molar-refractivity contribution in [1.29, 1.82) is 5.26 Å². The van der Waals surface area contributed by atoms with Crippen molar-refractivity contribution in [2.45, 2.75) is 25.2 Å². The summed E-state index contributed by atoms with van der Waals surface area (Å²) in [6.45, 7) is 1.97. The molecule has 0 amide bonds. The molecule has 5 rings (SSSR count). The number of fused-ring (bicyclic) bond motifs is 3. The van der Waals surface area contributed by atoms with Gasteiger partial charge in [0.1, 0.15) is 6.07 Å². The SMILES string of the molecule is CC1C(=O)C(C#N)=C[C@]2(c3ccccc3)c3nn(C)c(-c4cccc(Br)c4)c3CCC12. The average Bonchev–Trinajstić information content (AvgIpc) is 3.13. The molecule has 3 atom stereocenters. The second-order valence-electron chi connectivity index (χ2n) is 8.51. The highest BCUT2D eigenvalue weighted by molar-refractivity contribution is 9.10.